The van der Waals surface area contributed by atoms with E-state index in [1.54, 1.807) is 7.11 Å². The fourth-order valence-corrected chi connectivity index (χ4v) is 2.66. The Kier molecular flexibility index (Phi) is 7.48. The molecule has 1 N–H and O–H groups in total. The van der Waals surface area contributed by atoms with Crippen molar-refractivity contribution in [2.45, 2.75) is 44.9 Å². The van der Waals surface area contributed by atoms with Gasteiger partial charge in [0.2, 0.25) is 5.91 Å². The van der Waals surface area contributed by atoms with Crippen molar-refractivity contribution >= 4 is 11.9 Å². The summed E-state index contributed by atoms with van der Waals surface area (Å²) in [4.78, 5) is 24.1. The van der Waals surface area contributed by atoms with E-state index < -0.39 is 5.97 Å². The maximum Gasteiger partial charge on any atom is 0.323 e. The first-order chi connectivity index (χ1) is 9.13. The van der Waals surface area contributed by atoms with E-state index in [1.807, 2.05) is 0 Å². The topological polar surface area (TPSA) is 66.8 Å². The van der Waals surface area contributed by atoms with Gasteiger partial charge in [0.15, 0.2) is 0 Å². The van der Waals surface area contributed by atoms with E-state index in [0.29, 0.717) is 19.6 Å². The molecule has 0 atom stereocenters. The lowest BCUT2D eigenvalue weighted by Crippen LogP contribution is -2.37. The van der Waals surface area contributed by atoms with Crippen molar-refractivity contribution in [2.75, 3.05) is 26.8 Å². The molecule has 0 radical (unpaired) electrons. The van der Waals surface area contributed by atoms with Gasteiger partial charge < -0.3 is 14.7 Å². The van der Waals surface area contributed by atoms with E-state index in [4.69, 9.17) is 9.84 Å². The minimum Gasteiger partial charge on any atom is -0.480 e. The highest BCUT2D eigenvalue weighted by molar-refractivity contribution is 5.81. The van der Waals surface area contributed by atoms with E-state index in [9.17, 15) is 9.59 Å². The summed E-state index contributed by atoms with van der Waals surface area (Å²) in [6.07, 6.45) is 7.62. The normalized spacial score (nSPS) is 15.6. The third-order valence-electron chi connectivity index (χ3n) is 3.72. The lowest BCUT2D eigenvalue weighted by Gasteiger charge is -2.20. The number of hydrogen-bond donors (Lipinski definition) is 1. The van der Waals surface area contributed by atoms with Gasteiger partial charge in [-0.1, -0.05) is 25.7 Å². The molecule has 1 rings (SSSR count). The highest BCUT2D eigenvalue weighted by atomic mass is 16.5. The summed E-state index contributed by atoms with van der Waals surface area (Å²) < 4.78 is 4.90. The number of carbonyl (C=O) groups is 2. The average Bonchev–Trinajstić information content (AvgIpc) is 2.87. The summed E-state index contributed by atoms with van der Waals surface area (Å²) in [5.74, 6) is -0.266. The van der Waals surface area contributed by atoms with Gasteiger partial charge in [-0.15, -0.1) is 0 Å². The van der Waals surface area contributed by atoms with Crippen molar-refractivity contribution in [1.29, 1.82) is 0 Å². The molecule has 0 bridgehead atoms. The van der Waals surface area contributed by atoms with Gasteiger partial charge in [0, 0.05) is 20.1 Å². The minimum absolute atomic E-state index is 0.0718. The molecule has 1 aliphatic carbocycles. The summed E-state index contributed by atoms with van der Waals surface area (Å²) in [6, 6.07) is 0. The third-order valence-corrected chi connectivity index (χ3v) is 3.72. The van der Waals surface area contributed by atoms with Gasteiger partial charge in [0.1, 0.15) is 6.54 Å². The van der Waals surface area contributed by atoms with Crippen molar-refractivity contribution in [1.82, 2.24) is 4.90 Å². The fourth-order valence-electron chi connectivity index (χ4n) is 2.66. The number of ether oxygens (including phenoxy) is 1. The fraction of sp³-hybridized carbons (Fsp3) is 0.857. The van der Waals surface area contributed by atoms with Crippen molar-refractivity contribution < 1.29 is 19.4 Å². The van der Waals surface area contributed by atoms with Gasteiger partial charge in [-0.2, -0.15) is 0 Å². The van der Waals surface area contributed by atoms with Crippen molar-refractivity contribution in [3.63, 3.8) is 0 Å². The molecule has 1 fully saturated rings. The Hall–Kier alpha value is -1.10. The van der Waals surface area contributed by atoms with E-state index in [2.05, 4.69) is 0 Å². The van der Waals surface area contributed by atoms with Crippen molar-refractivity contribution in [3.8, 4) is 0 Å². The van der Waals surface area contributed by atoms with Crippen LogP contribution in [0.15, 0.2) is 0 Å². The molecule has 5 heteroatoms. The van der Waals surface area contributed by atoms with Gasteiger partial charge in [0.25, 0.3) is 0 Å². The molecule has 0 aromatic rings. The zero-order valence-electron chi connectivity index (χ0n) is 11.8. The van der Waals surface area contributed by atoms with Crippen LogP contribution in [0.5, 0.6) is 0 Å². The molecule has 0 heterocycles. The first-order valence-corrected chi connectivity index (χ1v) is 7.12. The number of rotatable bonds is 9. The van der Waals surface area contributed by atoms with Gasteiger partial charge in [-0.25, -0.2) is 0 Å². The number of carboxylic acids is 1. The minimum atomic E-state index is -0.972. The van der Waals surface area contributed by atoms with Crippen LogP contribution in [0.3, 0.4) is 0 Å². The largest absolute Gasteiger partial charge is 0.480 e. The number of carbonyl (C=O) groups excluding carboxylic acids is 1. The Labute approximate surface area is 114 Å². The first kappa shape index (κ1) is 16.0. The Bertz CT molecular complexity index is 287. The number of nitrogens with zero attached hydrogens (tertiary/aromatic N) is 1. The zero-order chi connectivity index (χ0) is 14.1. The number of methoxy groups -OCH3 is 1. The quantitative estimate of drug-likeness (QED) is 0.695. The zero-order valence-corrected chi connectivity index (χ0v) is 11.8. The molecular formula is C14H25NO4. The SMILES string of the molecule is COCCN(CC(=O)O)C(=O)CCCC1CCCC1. The molecule has 0 aromatic carbocycles. The summed E-state index contributed by atoms with van der Waals surface area (Å²) in [5.41, 5.74) is 0. The second-order valence-electron chi connectivity index (χ2n) is 5.24. The molecule has 110 valence electrons. The number of carboxylic acid groups (broad SMARTS) is 1. The number of hydrogen-bond acceptors (Lipinski definition) is 3. The van der Waals surface area contributed by atoms with Crippen LogP contribution in [0.4, 0.5) is 0 Å². The molecule has 0 aromatic heterocycles. The van der Waals surface area contributed by atoms with Gasteiger partial charge in [-0.3, -0.25) is 9.59 Å². The molecule has 1 saturated carbocycles. The summed E-state index contributed by atoms with van der Waals surface area (Å²) in [6.45, 7) is 0.498. The van der Waals surface area contributed by atoms with Crippen molar-refractivity contribution in [3.05, 3.63) is 0 Å². The van der Waals surface area contributed by atoms with Gasteiger partial charge in [0.05, 0.1) is 6.61 Å². The second-order valence-corrected chi connectivity index (χ2v) is 5.24. The summed E-state index contributed by atoms with van der Waals surface area (Å²) >= 11 is 0. The number of aliphatic carboxylic acids is 1. The maximum absolute atomic E-state index is 12.0. The smallest absolute Gasteiger partial charge is 0.323 e. The molecule has 0 aliphatic heterocycles. The molecule has 0 saturated heterocycles. The molecule has 0 spiro atoms. The Morgan fingerprint density at radius 1 is 1.32 bits per heavy atom. The predicted molar refractivity (Wildman–Crippen MR) is 71.9 cm³/mol. The second kappa shape index (κ2) is 8.91. The van der Waals surface area contributed by atoms with Crippen LogP contribution < -0.4 is 0 Å². The molecular weight excluding hydrogens is 246 g/mol. The van der Waals surface area contributed by atoms with Crippen LogP contribution in [-0.2, 0) is 14.3 Å². The lowest BCUT2D eigenvalue weighted by molar-refractivity contribution is -0.144. The Balaban J connectivity index is 2.26. The predicted octanol–water partition coefficient (Wildman–Crippen LogP) is 1.91. The van der Waals surface area contributed by atoms with Crippen molar-refractivity contribution in [2.24, 2.45) is 5.92 Å². The monoisotopic (exact) mass is 271 g/mol. The molecule has 5 nitrogen and oxygen atoms in total. The van der Waals surface area contributed by atoms with E-state index in [1.165, 1.54) is 30.6 Å². The van der Waals surface area contributed by atoms with Crippen LogP contribution in [0.2, 0.25) is 0 Å². The third kappa shape index (κ3) is 6.57. The Morgan fingerprint density at radius 3 is 2.58 bits per heavy atom. The van der Waals surface area contributed by atoms with Crippen LogP contribution in [0, 0.1) is 5.92 Å². The van der Waals surface area contributed by atoms with Crippen LogP contribution in [-0.4, -0.2) is 48.7 Å². The van der Waals surface area contributed by atoms with Crippen LogP contribution in [0.25, 0.3) is 0 Å². The number of amides is 1. The highest BCUT2D eigenvalue weighted by Crippen LogP contribution is 2.28. The molecule has 0 unspecified atom stereocenters. The standard InChI is InChI=1S/C14H25NO4/c1-19-10-9-15(11-14(17)18)13(16)8-4-7-12-5-2-3-6-12/h12H,2-11H2,1H3,(H,17,18). The molecule has 1 amide bonds. The average molecular weight is 271 g/mol. The highest BCUT2D eigenvalue weighted by Gasteiger charge is 2.18. The van der Waals surface area contributed by atoms with E-state index in [0.717, 1.165) is 18.8 Å². The van der Waals surface area contributed by atoms with Crippen LogP contribution in [0.1, 0.15) is 44.9 Å². The first-order valence-electron chi connectivity index (χ1n) is 7.12. The maximum atomic E-state index is 12.0. The molecule has 1 aliphatic rings. The summed E-state index contributed by atoms with van der Waals surface area (Å²) in [7, 11) is 1.55. The lowest BCUT2D eigenvalue weighted by atomic mass is 10.0. The van der Waals surface area contributed by atoms with E-state index in [-0.39, 0.29) is 12.5 Å². The van der Waals surface area contributed by atoms with Gasteiger partial charge >= 0.3 is 5.97 Å². The summed E-state index contributed by atoms with van der Waals surface area (Å²) in [5, 5.41) is 8.80. The Morgan fingerprint density at radius 2 is 2.00 bits per heavy atom. The molecule has 19 heavy (non-hydrogen) atoms. The van der Waals surface area contributed by atoms with Crippen LogP contribution >= 0.6 is 0 Å². The van der Waals surface area contributed by atoms with E-state index >= 15 is 0 Å². The van der Waals surface area contributed by atoms with Gasteiger partial charge in [-0.05, 0) is 18.8 Å².